The summed E-state index contributed by atoms with van der Waals surface area (Å²) in [6.45, 7) is 5.83. The van der Waals surface area contributed by atoms with Gasteiger partial charge >= 0.3 is 0 Å². The third-order valence-corrected chi connectivity index (χ3v) is 4.81. The molecular formula is C23H25NO4. The highest BCUT2D eigenvalue weighted by Crippen LogP contribution is 2.42. The van der Waals surface area contributed by atoms with Gasteiger partial charge in [-0.2, -0.15) is 0 Å². The number of Topliss-reactive ketones (excluding diaryl/α,β-unsaturated/α-hetero) is 1. The summed E-state index contributed by atoms with van der Waals surface area (Å²) < 4.78 is 5.19. The second kappa shape index (κ2) is 7.89. The number of nitrogens with zero attached hydrogens (tertiary/aromatic N) is 1. The Hall–Kier alpha value is -3.08. The number of anilines is 1. The Morgan fingerprint density at radius 3 is 2.43 bits per heavy atom. The molecule has 28 heavy (non-hydrogen) atoms. The molecule has 0 fully saturated rings. The van der Waals surface area contributed by atoms with Crippen LogP contribution in [0, 0.1) is 12.8 Å². The summed E-state index contributed by atoms with van der Waals surface area (Å²) >= 11 is 0. The van der Waals surface area contributed by atoms with Gasteiger partial charge in [0, 0.05) is 12.1 Å². The van der Waals surface area contributed by atoms with Crippen molar-refractivity contribution in [2.75, 3.05) is 12.0 Å². The van der Waals surface area contributed by atoms with Crippen molar-refractivity contribution in [2.24, 2.45) is 5.92 Å². The predicted octanol–water partition coefficient (Wildman–Crippen LogP) is 4.52. The van der Waals surface area contributed by atoms with E-state index in [1.165, 1.54) is 4.90 Å². The third-order valence-electron chi connectivity index (χ3n) is 4.81. The van der Waals surface area contributed by atoms with Gasteiger partial charge in [-0.25, -0.2) is 0 Å². The first-order chi connectivity index (χ1) is 13.3. The van der Waals surface area contributed by atoms with Crippen LogP contribution in [0.1, 0.15) is 37.4 Å². The van der Waals surface area contributed by atoms with E-state index in [1.54, 1.807) is 31.4 Å². The molecular weight excluding hydrogens is 354 g/mol. The van der Waals surface area contributed by atoms with Crippen LogP contribution in [0.4, 0.5) is 5.69 Å². The number of carbonyl (C=O) groups is 2. The maximum Gasteiger partial charge on any atom is 0.294 e. The summed E-state index contributed by atoms with van der Waals surface area (Å²) in [6.07, 6.45) is 0.269. The van der Waals surface area contributed by atoms with Gasteiger partial charge in [-0.3, -0.25) is 14.5 Å². The fraction of sp³-hybridized carbons (Fsp3) is 0.304. The van der Waals surface area contributed by atoms with Crippen molar-refractivity contribution in [2.45, 2.75) is 33.2 Å². The summed E-state index contributed by atoms with van der Waals surface area (Å²) in [5.41, 5.74) is 2.57. The second-order valence-corrected chi connectivity index (χ2v) is 7.47. The summed E-state index contributed by atoms with van der Waals surface area (Å²) in [6, 6.07) is 14.0. The zero-order chi connectivity index (χ0) is 20.4. The summed E-state index contributed by atoms with van der Waals surface area (Å²) in [4.78, 5) is 27.4. The van der Waals surface area contributed by atoms with Crippen LogP contribution in [-0.4, -0.2) is 23.9 Å². The van der Waals surface area contributed by atoms with Crippen LogP contribution in [0.25, 0.3) is 0 Å². The van der Waals surface area contributed by atoms with Crippen LogP contribution in [-0.2, 0) is 9.59 Å². The van der Waals surface area contributed by atoms with Gasteiger partial charge in [-0.05, 0) is 42.7 Å². The van der Waals surface area contributed by atoms with Gasteiger partial charge in [0.15, 0.2) is 11.5 Å². The first kappa shape index (κ1) is 19.7. The van der Waals surface area contributed by atoms with Crippen molar-refractivity contribution in [1.29, 1.82) is 0 Å². The molecule has 0 saturated heterocycles. The van der Waals surface area contributed by atoms with Gasteiger partial charge in [0.25, 0.3) is 5.91 Å². The van der Waals surface area contributed by atoms with E-state index < -0.39 is 17.7 Å². The Kier molecular flexibility index (Phi) is 5.54. The lowest BCUT2D eigenvalue weighted by molar-refractivity contribution is -0.118. The lowest BCUT2D eigenvalue weighted by atomic mass is 9.91. The normalized spacial score (nSPS) is 16.8. The molecule has 0 radical (unpaired) electrons. The molecule has 0 aliphatic carbocycles. The Morgan fingerprint density at radius 2 is 1.86 bits per heavy atom. The zero-order valence-electron chi connectivity index (χ0n) is 16.6. The number of aliphatic hydroxyl groups excluding tert-OH is 1. The molecule has 3 rings (SSSR count). The number of hydrogen-bond acceptors (Lipinski definition) is 4. The van der Waals surface area contributed by atoms with E-state index >= 15 is 0 Å². The molecule has 5 heteroatoms. The Labute approximate surface area is 165 Å². The molecule has 0 bridgehead atoms. The smallest absolute Gasteiger partial charge is 0.294 e. The lowest BCUT2D eigenvalue weighted by Crippen LogP contribution is -2.31. The van der Waals surface area contributed by atoms with E-state index in [2.05, 4.69) is 0 Å². The monoisotopic (exact) mass is 379 g/mol. The fourth-order valence-corrected chi connectivity index (χ4v) is 3.54. The SMILES string of the molecule is COc1ccc(N2C(=O)C(O)=C(C(=O)CC(C)C)C2c2cccc(C)c2)cc1. The molecule has 2 aromatic carbocycles. The van der Waals surface area contributed by atoms with Crippen LogP contribution < -0.4 is 9.64 Å². The number of aryl methyl sites for hydroxylation is 1. The molecule has 0 aromatic heterocycles. The number of benzene rings is 2. The highest BCUT2D eigenvalue weighted by atomic mass is 16.5. The molecule has 146 valence electrons. The molecule has 1 atom stereocenters. The largest absolute Gasteiger partial charge is 0.503 e. The van der Waals surface area contributed by atoms with E-state index in [9.17, 15) is 14.7 Å². The third kappa shape index (κ3) is 3.65. The topological polar surface area (TPSA) is 66.8 Å². The lowest BCUT2D eigenvalue weighted by Gasteiger charge is -2.27. The number of hydrogen-bond donors (Lipinski definition) is 1. The molecule has 1 aliphatic heterocycles. The summed E-state index contributed by atoms with van der Waals surface area (Å²) in [7, 11) is 1.57. The molecule has 0 saturated carbocycles. The van der Waals surface area contributed by atoms with E-state index in [0.29, 0.717) is 11.4 Å². The van der Waals surface area contributed by atoms with E-state index in [4.69, 9.17) is 4.74 Å². The van der Waals surface area contributed by atoms with Gasteiger partial charge in [-0.1, -0.05) is 43.7 Å². The Balaban J connectivity index is 2.13. The molecule has 1 heterocycles. The van der Waals surface area contributed by atoms with E-state index in [1.807, 2.05) is 45.0 Å². The van der Waals surface area contributed by atoms with Gasteiger partial charge in [0.1, 0.15) is 5.75 Å². The van der Waals surface area contributed by atoms with Crippen molar-refractivity contribution in [3.8, 4) is 5.75 Å². The summed E-state index contributed by atoms with van der Waals surface area (Å²) in [5, 5.41) is 10.6. The quantitative estimate of drug-likeness (QED) is 0.801. The highest BCUT2D eigenvalue weighted by molar-refractivity contribution is 6.16. The number of rotatable bonds is 6. The van der Waals surface area contributed by atoms with Crippen molar-refractivity contribution < 1.29 is 19.4 Å². The van der Waals surface area contributed by atoms with Crippen LogP contribution in [0.5, 0.6) is 5.75 Å². The number of aliphatic hydroxyl groups is 1. The average Bonchev–Trinajstić information content (AvgIpc) is 2.92. The maximum absolute atomic E-state index is 13.0. The number of amides is 1. The minimum atomic E-state index is -0.660. The molecule has 5 nitrogen and oxygen atoms in total. The Bertz CT molecular complexity index is 928. The van der Waals surface area contributed by atoms with E-state index in [0.717, 1.165) is 11.1 Å². The molecule has 0 spiro atoms. The fourth-order valence-electron chi connectivity index (χ4n) is 3.54. The van der Waals surface area contributed by atoms with Crippen molar-refractivity contribution in [3.05, 3.63) is 71.0 Å². The highest BCUT2D eigenvalue weighted by Gasteiger charge is 2.44. The number of ketones is 1. The van der Waals surface area contributed by atoms with E-state index in [-0.39, 0.29) is 23.7 Å². The minimum absolute atomic E-state index is 0.121. The number of ether oxygens (including phenoxy) is 1. The van der Waals surface area contributed by atoms with Gasteiger partial charge < -0.3 is 9.84 Å². The average molecular weight is 379 g/mol. The number of methoxy groups -OCH3 is 1. The molecule has 1 N–H and O–H groups in total. The second-order valence-electron chi connectivity index (χ2n) is 7.47. The molecule has 1 amide bonds. The van der Waals surface area contributed by atoms with Crippen molar-refractivity contribution in [3.63, 3.8) is 0 Å². The first-order valence-electron chi connectivity index (χ1n) is 9.34. The van der Waals surface area contributed by atoms with Gasteiger partial charge in [0.05, 0.1) is 18.7 Å². The van der Waals surface area contributed by atoms with Crippen LogP contribution >= 0.6 is 0 Å². The number of carbonyl (C=O) groups excluding carboxylic acids is 2. The molecule has 1 aliphatic rings. The summed E-state index contributed by atoms with van der Waals surface area (Å²) in [5.74, 6) is -0.452. The first-order valence-corrected chi connectivity index (χ1v) is 9.34. The maximum atomic E-state index is 13.0. The van der Waals surface area contributed by atoms with Crippen LogP contribution in [0.3, 0.4) is 0 Å². The molecule has 2 aromatic rings. The minimum Gasteiger partial charge on any atom is -0.503 e. The predicted molar refractivity (Wildman–Crippen MR) is 109 cm³/mol. The van der Waals surface area contributed by atoms with Gasteiger partial charge in [-0.15, -0.1) is 0 Å². The van der Waals surface area contributed by atoms with Crippen molar-refractivity contribution in [1.82, 2.24) is 0 Å². The molecule has 1 unspecified atom stereocenters. The van der Waals surface area contributed by atoms with Crippen molar-refractivity contribution >= 4 is 17.4 Å². The standard InChI is InChI=1S/C23H25NO4/c1-14(2)12-19(25)20-21(16-7-5-6-15(3)13-16)24(23(27)22(20)26)17-8-10-18(28-4)11-9-17/h5-11,13-14,21,26H,12H2,1-4H3. The van der Waals surface area contributed by atoms with Crippen LogP contribution in [0.15, 0.2) is 59.9 Å². The van der Waals surface area contributed by atoms with Gasteiger partial charge in [0.2, 0.25) is 0 Å². The zero-order valence-corrected chi connectivity index (χ0v) is 16.6. The Morgan fingerprint density at radius 1 is 1.18 bits per heavy atom. The van der Waals surface area contributed by atoms with Crippen LogP contribution in [0.2, 0.25) is 0 Å².